The Morgan fingerprint density at radius 3 is 2.56 bits per heavy atom. The van der Waals surface area contributed by atoms with Gasteiger partial charge in [0, 0.05) is 12.2 Å². The minimum Gasteiger partial charge on any atom is -0.550 e. The third-order valence-electron chi connectivity index (χ3n) is 1.82. The van der Waals surface area contributed by atoms with Gasteiger partial charge in [0.2, 0.25) is 0 Å². The molecule has 1 unspecified atom stereocenters. The molecule has 0 amide bonds. The van der Waals surface area contributed by atoms with Crippen molar-refractivity contribution < 1.29 is 25.2 Å². The molecule has 6 heteroatoms. The Balaban J connectivity index is 0.000000631. The van der Waals surface area contributed by atoms with Gasteiger partial charge in [-0.25, -0.2) is 0 Å². The highest BCUT2D eigenvalue weighted by atomic mass is 16.5. The van der Waals surface area contributed by atoms with E-state index in [-0.39, 0.29) is 18.4 Å². The molecule has 0 bridgehead atoms. The van der Waals surface area contributed by atoms with Crippen molar-refractivity contribution in [2.24, 2.45) is 0 Å². The van der Waals surface area contributed by atoms with Crippen LogP contribution < -0.4 is 10.8 Å². The summed E-state index contributed by atoms with van der Waals surface area (Å²) in [6.07, 6.45) is 1.98. The average Bonchev–Trinajstić information content (AvgIpc) is 2.29. The number of nitrogens with zero attached hydrogens (tertiary/aromatic N) is 1. The smallest absolute Gasteiger partial charge is 0.312 e. The van der Waals surface area contributed by atoms with Gasteiger partial charge in [0.05, 0.1) is 12.3 Å². The zero-order chi connectivity index (χ0) is 14.0. The first-order chi connectivity index (χ1) is 8.47. The number of aliphatic carboxylic acids is 1. The second-order valence-corrected chi connectivity index (χ2v) is 3.45. The molecule has 1 atom stereocenters. The fourth-order valence-electron chi connectivity index (χ4n) is 1.14. The number of carbonyl (C=O) groups is 2. The number of hydrogen-bond acceptors (Lipinski definition) is 5. The third kappa shape index (κ3) is 8.23. The lowest BCUT2D eigenvalue weighted by Gasteiger charge is -2.06. The van der Waals surface area contributed by atoms with Crippen LogP contribution in [0.5, 0.6) is 0 Å². The highest BCUT2D eigenvalue weighted by Gasteiger charge is 2.16. The van der Waals surface area contributed by atoms with E-state index in [1.165, 1.54) is 0 Å². The second-order valence-electron chi connectivity index (χ2n) is 3.45. The number of quaternary nitrogens is 1. The molecule has 0 saturated carbocycles. The number of carboxylic acid groups (broad SMARTS) is 1. The zero-order valence-corrected chi connectivity index (χ0v) is 10.6. The number of pyridine rings is 1. The molecular formula is C12H18N2O4. The first-order valence-electron chi connectivity index (χ1n) is 5.54. The summed E-state index contributed by atoms with van der Waals surface area (Å²) in [7, 11) is 0. The van der Waals surface area contributed by atoms with Crippen LogP contribution in [0.15, 0.2) is 24.4 Å². The first kappa shape index (κ1) is 16.1. The third-order valence-corrected chi connectivity index (χ3v) is 1.82. The molecule has 3 N–H and O–H groups in total. The molecule has 0 spiro atoms. The van der Waals surface area contributed by atoms with Gasteiger partial charge in [0.1, 0.15) is 12.5 Å². The van der Waals surface area contributed by atoms with Crippen molar-refractivity contribution in [3.05, 3.63) is 30.1 Å². The summed E-state index contributed by atoms with van der Waals surface area (Å²) < 4.78 is 4.83. The maximum atomic E-state index is 11.1. The zero-order valence-electron chi connectivity index (χ0n) is 10.6. The van der Waals surface area contributed by atoms with E-state index in [4.69, 9.17) is 14.6 Å². The van der Waals surface area contributed by atoms with E-state index < -0.39 is 5.97 Å². The topological polar surface area (TPSA) is 107 Å². The molecule has 0 aliphatic carbocycles. The highest BCUT2D eigenvalue weighted by Crippen LogP contribution is 2.08. The molecule has 1 rings (SSSR count). The lowest BCUT2D eigenvalue weighted by molar-refractivity contribution is -0.426. The molecule has 1 aromatic rings. The van der Waals surface area contributed by atoms with Crippen molar-refractivity contribution in [3.8, 4) is 0 Å². The molecule has 18 heavy (non-hydrogen) atoms. The van der Waals surface area contributed by atoms with Crippen molar-refractivity contribution in [3.63, 3.8) is 0 Å². The number of esters is 1. The molecule has 6 nitrogen and oxygen atoms in total. The first-order valence-corrected chi connectivity index (χ1v) is 5.54. The van der Waals surface area contributed by atoms with Crippen LogP contribution >= 0.6 is 0 Å². The van der Waals surface area contributed by atoms with Crippen molar-refractivity contribution >= 4 is 11.9 Å². The van der Waals surface area contributed by atoms with Gasteiger partial charge in [-0.15, -0.1) is 0 Å². The quantitative estimate of drug-likeness (QED) is 0.699. The van der Waals surface area contributed by atoms with Gasteiger partial charge in [0.15, 0.2) is 0 Å². The van der Waals surface area contributed by atoms with Crippen LogP contribution in [0.25, 0.3) is 0 Å². The summed E-state index contributed by atoms with van der Waals surface area (Å²) >= 11 is 0. The lowest BCUT2D eigenvalue weighted by Crippen LogP contribution is -2.54. The number of hydrogen-bond donors (Lipinski definition) is 1. The summed E-state index contributed by atoms with van der Waals surface area (Å²) in [5.41, 5.74) is 4.69. The van der Waals surface area contributed by atoms with E-state index in [0.717, 1.165) is 12.6 Å². The monoisotopic (exact) mass is 254 g/mol. The maximum absolute atomic E-state index is 11.1. The Hall–Kier alpha value is -1.95. The maximum Gasteiger partial charge on any atom is 0.312 e. The predicted molar refractivity (Wildman–Crippen MR) is 61.8 cm³/mol. The Labute approximate surface area is 106 Å². The van der Waals surface area contributed by atoms with E-state index in [2.05, 4.69) is 10.7 Å². The molecule has 0 fully saturated rings. The minimum absolute atomic E-state index is 0.129. The second kappa shape index (κ2) is 9.12. The molecule has 0 radical (unpaired) electrons. The Kier molecular flexibility index (Phi) is 8.13. The van der Waals surface area contributed by atoms with Crippen molar-refractivity contribution in [2.75, 3.05) is 6.61 Å². The standard InChI is InChI=1S/C10H14N2O2.C2H4O2/c1-2-14-10(13)7-8(11)9-5-3-4-6-12-9;1-2(3)4/h3-6,8H,2,7,11H2,1H3;1H3,(H,3,4). The fraction of sp³-hybridized carbons (Fsp3) is 0.417. The van der Waals surface area contributed by atoms with Gasteiger partial charge in [0.25, 0.3) is 0 Å². The Morgan fingerprint density at radius 1 is 1.50 bits per heavy atom. The molecule has 0 aliphatic heterocycles. The summed E-state index contributed by atoms with van der Waals surface area (Å²) in [6.45, 7) is 3.17. The molecular weight excluding hydrogens is 236 g/mol. The fourth-order valence-corrected chi connectivity index (χ4v) is 1.14. The lowest BCUT2D eigenvalue weighted by atomic mass is 10.1. The molecule has 100 valence electrons. The summed E-state index contributed by atoms with van der Waals surface area (Å²) in [6, 6.07) is 5.44. The van der Waals surface area contributed by atoms with Crippen LogP contribution in [0.4, 0.5) is 0 Å². The van der Waals surface area contributed by atoms with Crippen LogP contribution in [0.2, 0.25) is 0 Å². The largest absolute Gasteiger partial charge is 0.550 e. The van der Waals surface area contributed by atoms with Gasteiger partial charge in [-0.3, -0.25) is 9.78 Å². The molecule has 0 aliphatic rings. The van der Waals surface area contributed by atoms with Gasteiger partial charge < -0.3 is 20.4 Å². The molecule has 1 aromatic heterocycles. The van der Waals surface area contributed by atoms with Crippen molar-refractivity contribution in [1.29, 1.82) is 0 Å². The van der Waals surface area contributed by atoms with E-state index >= 15 is 0 Å². The molecule has 0 saturated heterocycles. The minimum atomic E-state index is -1.08. The van der Waals surface area contributed by atoms with Gasteiger partial charge in [-0.2, -0.15) is 0 Å². The molecule has 0 aromatic carbocycles. The van der Waals surface area contributed by atoms with Gasteiger partial charge >= 0.3 is 5.97 Å². The number of rotatable bonds is 4. The van der Waals surface area contributed by atoms with Crippen LogP contribution in [0.1, 0.15) is 32.0 Å². The highest BCUT2D eigenvalue weighted by molar-refractivity contribution is 5.70. The number of ether oxygens (including phenoxy) is 1. The van der Waals surface area contributed by atoms with E-state index in [1.54, 1.807) is 13.1 Å². The SMILES string of the molecule is CC(=O)[O-].CCOC(=O)CC([NH3+])c1ccccn1. The number of aromatic nitrogens is 1. The van der Waals surface area contributed by atoms with E-state index in [0.29, 0.717) is 6.61 Å². The van der Waals surface area contributed by atoms with Crippen molar-refractivity contribution in [2.45, 2.75) is 26.3 Å². The van der Waals surface area contributed by atoms with E-state index in [9.17, 15) is 4.79 Å². The number of carboxylic acids is 1. The Morgan fingerprint density at radius 2 is 2.11 bits per heavy atom. The van der Waals surface area contributed by atoms with Crippen LogP contribution in [0.3, 0.4) is 0 Å². The normalized spacial score (nSPS) is 10.8. The van der Waals surface area contributed by atoms with Crippen LogP contribution in [0, 0.1) is 0 Å². The average molecular weight is 254 g/mol. The van der Waals surface area contributed by atoms with Gasteiger partial charge in [-0.05, 0) is 26.0 Å². The summed E-state index contributed by atoms with van der Waals surface area (Å²) in [5.74, 6) is -1.31. The summed E-state index contributed by atoms with van der Waals surface area (Å²) in [4.78, 5) is 24.1. The van der Waals surface area contributed by atoms with Crippen LogP contribution in [-0.2, 0) is 14.3 Å². The van der Waals surface area contributed by atoms with E-state index in [1.807, 2.05) is 18.2 Å². The Bertz CT molecular complexity index is 364. The predicted octanol–water partition coefficient (Wildman–Crippen LogP) is -0.926. The van der Waals surface area contributed by atoms with Crippen molar-refractivity contribution in [1.82, 2.24) is 4.98 Å². The van der Waals surface area contributed by atoms with Gasteiger partial charge in [-0.1, -0.05) is 6.07 Å². The number of carbonyl (C=O) groups excluding carboxylic acids is 2. The van der Waals surface area contributed by atoms with Crippen LogP contribution in [-0.4, -0.2) is 23.5 Å². The molecule has 1 heterocycles. The summed E-state index contributed by atoms with van der Waals surface area (Å²) in [5, 5.41) is 8.89.